The van der Waals surface area contributed by atoms with Gasteiger partial charge in [0.1, 0.15) is 5.82 Å². The highest BCUT2D eigenvalue weighted by molar-refractivity contribution is 7.91. The SMILES string of the molecule is Cc1[nH]c2c(F)cccc2c1C(=O)N(C)C1CCS(=O)(=O)C1. The Morgan fingerprint density at radius 3 is 2.77 bits per heavy atom. The van der Waals surface area contributed by atoms with E-state index in [4.69, 9.17) is 0 Å². The minimum absolute atomic E-state index is 0.00892. The molecule has 0 radical (unpaired) electrons. The highest BCUT2D eigenvalue weighted by Gasteiger charge is 2.34. The Hall–Kier alpha value is -1.89. The van der Waals surface area contributed by atoms with Gasteiger partial charge in [-0.2, -0.15) is 0 Å². The minimum Gasteiger partial charge on any atom is -0.356 e. The van der Waals surface area contributed by atoms with Gasteiger partial charge in [0, 0.05) is 24.2 Å². The normalized spacial score (nSPS) is 20.4. The highest BCUT2D eigenvalue weighted by Crippen LogP contribution is 2.27. The summed E-state index contributed by atoms with van der Waals surface area (Å²) in [5, 5.41) is 0.523. The van der Waals surface area contributed by atoms with Gasteiger partial charge in [-0.05, 0) is 19.4 Å². The molecular formula is C15H17FN2O3S. The van der Waals surface area contributed by atoms with Gasteiger partial charge in [0.05, 0.1) is 22.6 Å². The number of aryl methyl sites for hydroxylation is 1. The van der Waals surface area contributed by atoms with Gasteiger partial charge in [-0.15, -0.1) is 0 Å². The van der Waals surface area contributed by atoms with E-state index >= 15 is 0 Å². The van der Waals surface area contributed by atoms with Crippen LogP contribution in [-0.4, -0.2) is 48.8 Å². The molecular weight excluding hydrogens is 307 g/mol. The molecule has 118 valence electrons. The van der Waals surface area contributed by atoms with Gasteiger partial charge >= 0.3 is 0 Å². The number of halogens is 1. The van der Waals surface area contributed by atoms with Crippen molar-refractivity contribution in [3.8, 4) is 0 Å². The number of nitrogens with one attached hydrogen (secondary N) is 1. The van der Waals surface area contributed by atoms with Gasteiger partial charge in [0.2, 0.25) is 0 Å². The Balaban J connectivity index is 1.99. The number of rotatable bonds is 2. The van der Waals surface area contributed by atoms with Crippen LogP contribution in [0.4, 0.5) is 4.39 Å². The fourth-order valence-electron chi connectivity index (χ4n) is 3.01. The summed E-state index contributed by atoms with van der Waals surface area (Å²) in [5.74, 6) is -0.593. The third-order valence-electron chi connectivity index (χ3n) is 4.26. The van der Waals surface area contributed by atoms with Gasteiger partial charge in [-0.3, -0.25) is 4.79 Å². The molecule has 1 aliphatic rings. The van der Waals surface area contributed by atoms with Crippen LogP contribution in [0.15, 0.2) is 18.2 Å². The Bertz CT molecular complexity index is 857. The van der Waals surface area contributed by atoms with Crippen molar-refractivity contribution in [1.29, 1.82) is 0 Å². The van der Waals surface area contributed by atoms with Crippen LogP contribution in [0.5, 0.6) is 0 Å². The maximum atomic E-state index is 13.8. The fraction of sp³-hybridized carbons (Fsp3) is 0.400. The van der Waals surface area contributed by atoms with Crippen LogP contribution in [0.2, 0.25) is 0 Å². The van der Waals surface area contributed by atoms with Crippen molar-refractivity contribution in [1.82, 2.24) is 9.88 Å². The number of aromatic amines is 1. The zero-order valence-electron chi connectivity index (χ0n) is 12.4. The molecule has 2 aromatic rings. The summed E-state index contributed by atoms with van der Waals surface area (Å²) < 4.78 is 37.0. The maximum Gasteiger partial charge on any atom is 0.256 e. The maximum absolute atomic E-state index is 13.8. The second kappa shape index (κ2) is 5.08. The van der Waals surface area contributed by atoms with Crippen molar-refractivity contribution in [3.05, 3.63) is 35.3 Å². The van der Waals surface area contributed by atoms with E-state index in [2.05, 4.69) is 4.98 Å². The van der Waals surface area contributed by atoms with Gasteiger partial charge in [0.25, 0.3) is 5.91 Å². The highest BCUT2D eigenvalue weighted by atomic mass is 32.2. The number of benzene rings is 1. The number of para-hydroxylation sites is 1. The number of carbonyl (C=O) groups excluding carboxylic acids is 1. The lowest BCUT2D eigenvalue weighted by atomic mass is 10.1. The predicted octanol–water partition coefficient (Wildman–Crippen LogP) is 1.87. The lowest BCUT2D eigenvalue weighted by molar-refractivity contribution is 0.0749. The molecule has 1 unspecified atom stereocenters. The summed E-state index contributed by atoms with van der Waals surface area (Å²) in [6.45, 7) is 1.71. The van der Waals surface area contributed by atoms with Crippen LogP contribution in [0.3, 0.4) is 0 Å². The molecule has 0 aliphatic carbocycles. The van der Waals surface area contributed by atoms with E-state index in [9.17, 15) is 17.6 Å². The zero-order valence-corrected chi connectivity index (χ0v) is 13.2. The first-order chi connectivity index (χ1) is 10.3. The van der Waals surface area contributed by atoms with Crippen LogP contribution in [0, 0.1) is 12.7 Å². The van der Waals surface area contributed by atoms with E-state index in [1.807, 2.05) is 0 Å². The molecule has 1 fully saturated rings. The Kier molecular flexibility index (Phi) is 3.47. The summed E-state index contributed by atoms with van der Waals surface area (Å²) >= 11 is 0. The second-order valence-corrected chi connectivity index (χ2v) is 7.99. The van der Waals surface area contributed by atoms with E-state index in [0.29, 0.717) is 28.6 Å². The van der Waals surface area contributed by atoms with E-state index < -0.39 is 15.7 Å². The third kappa shape index (κ3) is 2.39. The van der Waals surface area contributed by atoms with Gasteiger partial charge < -0.3 is 9.88 Å². The number of nitrogens with zero attached hydrogens (tertiary/aromatic N) is 1. The molecule has 22 heavy (non-hydrogen) atoms. The smallest absolute Gasteiger partial charge is 0.256 e. The van der Waals surface area contributed by atoms with Crippen molar-refractivity contribution in [2.75, 3.05) is 18.6 Å². The lowest BCUT2D eigenvalue weighted by Gasteiger charge is -2.23. The molecule has 7 heteroatoms. The second-order valence-electron chi connectivity index (χ2n) is 5.76. The van der Waals surface area contributed by atoms with Crippen LogP contribution >= 0.6 is 0 Å². The summed E-state index contributed by atoms with van der Waals surface area (Å²) in [6, 6.07) is 4.26. The van der Waals surface area contributed by atoms with Crippen LogP contribution < -0.4 is 0 Å². The number of carbonyl (C=O) groups is 1. The first-order valence-electron chi connectivity index (χ1n) is 7.04. The summed E-state index contributed by atoms with van der Waals surface area (Å²) in [6.07, 6.45) is 0.445. The number of fused-ring (bicyclic) bond motifs is 1. The molecule has 1 atom stereocenters. The number of sulfone groups is 1. The van der Waals surface area contributed by atoms with Gasteiger partial charge in [0.15, 0.2) is 9.84 Å². The molecule has 1 aromatic heterocycles. The predicted molar refractivity (Wildman–Crippen MR) is 82.1 cm³/mol. The number of amides is 1. The Morgan fingerprint density at radius 2 is 2.14 bits per heavy atom. The molecule has 1 aliphatic heterocycles. The topological polar surface area (TPSA) is 70.2 Å². The standard InChI is InChI=1S/C15H17FN2O3S/c1-9-13(11-4-3-5-12(16)14(11)17-9)15(19)18(2)10-6-7-22(20,21)8-10/h3-5,10,17H,6-8H2,1-2H3. The number of hydrogen-bond acceptors (Lipinski definition) is 3. The van der Waals surface area contributed by atoms with E-state index in [-0.39, 0.29) is 23.5 Å². The Morgan fingerprint density at radius 1 is 1.41 bits per heavy atom. The van der Waals surface area contributed by atoms with E-state index in [1.165, 1.54) is 11.0 Å². The molecule has 1 saturated heterocycles. The fourth-order valence-corrected chi connectivity index (χ4v) is 4.78. The number of H-pyrrole nitrogens is 1. The van der Waals surface area contributed by atoms with E-state index in [0.717, 1.165) is 0 Å². The zero-order chi connectivity index (χ0) is 16.1. The van der Waals surface area contributed by atoms with E-state index in [1.54, 1.807) is 26.1 Å². The Labute approximate surface area is 128 Å². The minimum atomic E-state index is -3.06. The van der Waals surface area contributed by atoms with Gasteiger partial charge in [-0.1, -0.05) is 12.1 Å². The van der Waals surface area contributed by atoms with Crippen molar-refractivity contribution >= 4 is 26.6 Å². The van der Waals surface area contributed by atoms with Gasteiger partial charge in [-0.25, -0.2) is 12.8 Å². The lowest BCUT2D eigenvalue weighted by Crippen LogP contribution is -2.38. The van der Waals surface area contributed by atoms with Crippen molar-refractivity contribution < 1.29 is 17.6 Å². The van der Waals surface area contributed by atoms with Crippen molar-refractivity contribution in [2.24, 2.45) is 0 Å². The first-order valence-corrected chi connectivity index (χ1v) is 8.86. The largest absolute Gasteiger partial charge is 0.356 e. The molecule has 2 heterocycles. The molecule has 0 spiro atoms. The number of hydrogen-bond donors (Lipinski definition) is 1. The summed E-state index contributed by atoms with van der Waals surface area (Å²) in [5.41, 5.74) is 1.29. The van der Waals surface area contributed by atoms with Crippen LogP contribution in [-0.2, 0) is 9.84 Å². The molecule has 1 aromatic carbocycles. The van der Waals surface area contributed by atoms with Crippen LogP contribution in [0.25, 0.3) is 10.9 Å². The monoisotopic (exact) mass is 324 g/mol. The van der Waals surface area contributed by atoms with Crippen molar-refractivity contribution in [2.45, 2.75) is 19.4 Å². The van der Waals surface area contributed by atoms with Crippen LogP contribution in [0.1, 0.15) is 22.5 Å². The molecule has 1 N–H and O–H groups in total. The summed E-state index contributed by atoms with van der Waals surface area (Å²) in [4.78, 5) is 17.1. The molecule has 5 nitrogen and oxygen atoms in total. The first kappa shape index (κ1) is 15.0. The average Bonchev–Trinajstić information content (AvgIpc) is 2.98. The molecule has 1 amide bonds. The number of aromatic nitrogens is 1. The van der Waals surface area contributed by atoms with Crippen molar-refractivity contribution in [3.63, 3.8) is 0 Å². The third-order valence-corrected chi connectivity index (χ3v) is 6.01. The molecule has 3 rings (SSSR count). The molecule has 0 saturated carbocycles. The summed E-state index contributed by atoms with van der Waals surface area (Å²) in [7, 11) is -1.46. The quantitative estimate of drug-likeness (QED) is 0.917. The molecule has 0 bridgehead atoms. The average molecular weight is 324 g/mol.